The number of benzene rings is 2. The molecule has 0 radical (unpaired) electrons. The number of ether oxygens (including phenoxy) is 4. The van der Waals surface area contributed by atoms with E-state index in [4.69, 9.17) is 28.3 Å². The first-order valence-electron chi connectivity index (χ1n) is 12.7. The zero-order chi connectivity index (χ0) is 25.9. The quantitative estimate of drug-likeness (QED) is 0.349. The molecular formula is C28H38BBrO6. The normalized spacial score (nSPS) is 19.8. The predicted molar refractivity (Wildman–Crippen MR) is 146 cm³/mol. The molecule has 0 amide bonds. The second-order valence-corrected chi connectivity index (χ2v) is 11.7. The molecule has 3 aliphatic rings. The van der Waals surface area contributed by atoms with E-state index >= 15 is 0 Å². The van der Waals surface area contributed by atoms with Crippen molar-refractivity contribution in [1.29, 1.82) is 0 Å². The van der Waals surface area contributed by atoms with E-state index in [1.807, 2.05) is 36.4 Å². The van der Waals surface area contributed by atoms with E-state index in [1.165, 1.54) is 25.7 Å². The summed E-state index contributed by atoms with van der Waals surface area (Å²) >= 11 is 3.45. The Bertz CT molecular complexity index is 1020. The molecule has 2 aromatic rings. The fourth-order valence-electron chi connectivity index (χ4n) is 3.65. The van der Waals surface area contributed by atoms with Gasteiger partial charge in [-0.2, -0.15) is 0 Å². The van der Waals surface area contributed by atoms with Gasteiger partial charge in [0.2, 0.25) is 0 Å². The summed E-state index contributed by atoms with van der Waals surface area (Å²) < 4.78 is 35.4. The van der Waals surface area contributed by atoms with Gasteiger partial charge < -0.3 is 28.3 Å². The highest BCUT2D eigenvalue weighted by Crippen LogP contribution is 2.38. The Labute approximate surface area is 224 Å². The lowest BCUT2D eigenvalue weighted by molar-refractivity contribution is 0.00578. The lowest BCUT2D eigenvalue weighted by Crippen LogP contribution is -2.41. The topological polar surface area (TPSA) is 55.4 Å². The van der Waals surface area contributed by atoms with Gasteiger partial charge in [-0.05, 0) is 118 Å². The second-order valence-electron chi connectivity index (χ2n) is 10.8. The number of hydrogen-bond acceptors (Lipinski definition) is 6. The molecule has 2 saturated carbocycles. The third kappa shape index (κ3) is 6.90. The Kier molecular flexibility index (Phi) is 8.47. The lowest BCUT2D eigenvalue weighted by atomic mass is 9.78. The summed E-state index contributed by atoms with van der Waals surface area (Å²) in [5, 5.41) is 0. The highest BCUT2D eigenvalue weighted by molar-refractivity contribution is 9.10. The van der Waals surface area contributed by atoms with Crippen molar-refractivity contribution in [3.63, 3.8) is 0 Å². The average Bonchev–Trinajstić information content (AvgIpc) is 3.76. The molecule has 0 N–H and O–H groups in total. The van der Waals surface area contributed by atoms with Gasteiger partial charge in [0.1, 0.15) is 23.0 Å². The molecule has 5 rings (SSSR count). The molecule has 0 bridgehead atoms. The lowest BCUT2D eigenvalue weighted by Gasteiger charge is -2.32. The molecule has 1 heterocycles. The Morgan fingerprint density at radius 3 is 1.72 bits per heavy atom. The standard InChI is InChI=1S/C17H25BO4.C11H13BrO2/c1-16(2)17(3,4)22-18(21-16)14-10-13(19-5)8-9-15(14)20-11-12-6-7-12;1-13-9-4-5-11(10(12)6-9)14-7-8-2-3-8/h8-10,12H,6-7,11H2,1-5H3;4-6,8H,2-3,7H2,1H3. The van der Waals surface area contributed by atoms with Crippen LogP contribution in [-0.2, 0) is 9.31 Å². The first-order chi connectivity index (χ1) is 17.1. The number of rotatable bonds is 9. The van der Waals surface area contributed by atoms with Crippen molar-refractivity contribution < 1.29 is 28.3 Å². The van der Waals surface area contributed by atoms with Crippen molar-refractivity contribution >= 4 is 28.5 Å². The van der Waals surface area contributed by atoms with E-state index in [-0.39, 0.29) is 11.2 Å². The van der Waals surface area contributed by atoms with Crippen LogP contribution in [0, 0.1) is 11.8 Å². The zero-order valence-corrected chi connectivity index (χ0v) is 23.9. The van der Waals surface area contributed by atoms with Gasteiger partial charge in [-0.3, -0.25) is 0 Å². The number of methoxy groups -OCH3 is 2. The van der Waals surface area contributed by atoms with Gasteiger partial charge in [0, 0.05) is 5.46 Å². The van der Waals surface area contributed by atoms with Crippen LogP contribution in [0.2, 0.25) is 0 Å². The summed E-state index contributed by atoms with van der Waals surface area (Å²) in [4.78, 5) is 0. The monoisotopic (exact) mass is 560 g/mol. The minimum Gasteiger partial charge on any atom is -0.497 e. The van der Waals surface area contributed by atoms with Gasteiger partial charge in [-0.15, -0.1) is 0 Å². The fraction of sp³-hybridized carbons (Fsp3) is 0.571. The highest BCUT2D eigenvalue weighted by Gasteiger charge is 2.52. The maximum absolute atomic E-state index is 6.15. The highest BCUT2D eigenvalue weighted by atomic mass is 79.9. The molecule has 6 nitrogen and oxygen atoms in total. The summed E-state index contributed by atoms with van der Waals surface area (Å²) in [5.74, 6) is 4.83. The molecule has 0 atom stereocenters. The van der Waals surface area contributed by atoms with E-state index < -0.39 is 7.12 Å². The molecule has 2 aromatic carbocycles. The predicted octanol–water partition coefficient (Wildman–Crippen LogP) is 6.03. The van der Waals surface area contributed by atoms with Crippen LogP contribution in [0.5, 0.6) is 23.0 Å². The van der Waals surface area contributed by atoms with Crippen molar-refractivity contribution in [2.75, 3.05) is 27.4 Å². The molecule has 0 spiro atoms. The molecule has 1 aliphatic heterocycles. The van der Waals surface area contributed by atoms with E-state index in [9.17, 15) is 0 Å². The number of hydrogen-bond donors (Lipinski definition) is 0. The van der Waals surface area contributed by atoms with Crippen LogP contribution in [0.1, 0.15) is 53.4 Å². The first kappa shape index (κ1) is 27.1. The molecular weight excluding hydrogens is 523 g/mol. The largest absolute Gasteiger partial charge is 0.498 e. The van der Waals surface area contributed by atoms with Gasteiger partial charge in [-0.25, -0.2) is 0 Å². The van der Waals surface area contributed by atoms with Crippen LogP contribution < -0.4 is 24.4 Å². The maximum atomic E-state index is 6.15. The van der Waals surface area contributed by atoms with Gasteiger partial charge in [0.15, 0.2) is 0 Å². The van der Waals surface area contributed by atoms with Gasteiger partial charge in [0.25, 0.3) is 0 Å². The van der Waals surface area contributed by atoms with Crippen molar-refractivity contribution in [2.24, 2.45) is 11.8 Å². The van der Waals surface area contributed by atoms with Crippen LogP contribution in [0.25, 0.3) is 0 Å². The van der Waals surface area contributed by atoms with E-state index in [2.05, 4.69) is 43.6 Å². The summed E-state index contributed by atoms with van der Waals surface area (Å²) in [6.07, 6.45) is 5.16. The summed E-state index contributed by atoms with van der Waals surface area (Å²) in [6, 6.07) is 11.6. The molecule has 0 unspecified atom stereocenters. The molecule has 36 heavy (non-hydrogen) atoms. The summed E-state index contributed by atoms with van der Waals surface area (Å²) in [6.45, 7) is 9.81. The second kappa shape index (κ2) is 11.2. The van der Waals surface area contributed by atoms with Crippen LogP contribution >= 0.6 is 15.9 Å². The minimum absolute atomic E-state index is 0.367. The Morgan fingerprint density at radius 2 is 1.25 bits per heavy atom. The minimum atomic E-state index is -0.436. The van der Waals surface area contributed by atoms with Gasteiger partial charge in [0.05, 0.1) is 43.1 Å². The van der Waals surface area contributed by atoms with Crippen molar-refractivity contribution in [1.82, 2.24) is 0 Å². The fourth-order valence-corrected chi connectivity index (χ4v) is 4.12. The Morgan fingerprint density at radius 1 is 0.778 bits per heavy atom. The first-order valence-corrected chi connectivity index (χ1v) is 13.5. The van der Waals surface area contributed by atoms with Crippen molar-refractivity contribution in [3.05, 3.63) is 40.9 Å². The third-order valence-electron chi connectivity index (χ3n) is 7.21. The maximum Gasteiger partial charge on any atom is 0.498 e. The average molecular weight is 561 g/mol. The smallest absolute Gasteiger partial charge is 0.497 e. The number of halogens is 1. The van der Waals surface area contributed by atoms with Crippen molar-refractivity contribution in [3.8, 4) is 23.0 Å². The molecule has 0 aromatic heterocycles. The van der Waals surface area contributed by atoms with E-state index in [1.54, 1.807) is 14.2 Å². The van der Waals surface area contributed by atoms with Gasteiger partial charge >= 0.3 is 7.12 Å². The zero-order valence-electron chi connectivity index (χ0n) is 22.3. The SMILES string of the molecule is COc1ccc(OCC2CC2)c(B2OC(C)(C)C(C)(C)O2)c1.COc1ccc(OCC2CC2)c(Br)c1. The van der Waals surface area contributed by atoms with Gasteiger partial charge in [-0.1, -0.05) is 0 Å². The molecule has 8 heteroatoms. The molecule has 1 saturated heterocycles. The van der Waals surface area contributed by atoms with E-state index in [0.717, 1.165) is 52.1 Å². The van der Waals surface area contributed by atoms with Crippen LogP contribution in [-0.4, -0.2) is 45.8 Å². The van der Waals surface area contributed by atoms with Crippen LogP contribution in [0.15, 0.2) is 40.9 Å². The Hall–Kier alpha value is -1.90. The van der Waals surface area contributed by atoms with Crippen LogP contribution in [0.4, 0.5) is 0 Å². The third-order valence-corrected chi connectivity index (χ3v) is 7.83. The molecule has 196 valence electrons. The van der Waals surface area contributed by atoms with Crippen LogP contribution in [0.3, 0.4) is 0 Å². The van der Waals surface area contributed by atoms with E-state index in [0.29, 0.717) is 5.92 Å². The summed E-state index contributed by atoms with van der Waals surface area (Å²) in [5.41, 5.74) is 0.168. The Balaban J connectivity index is 0.000000187. The van der Waals surface area contributed by atoms with Crippen molar-refractivity contribution in [2.45, 2.75) is 64.6 Å². The summed E-state index contributed by atoms with van der Waals surface area (Å²) in [7, 11) is 2.88. The molecule has 3 fully saturated rings. The molecule has 2 aliphatic carbocycles.